The number of alkyl halides is 3. The fourth-order valence-corrected chi connectivity index (χ4v) is 1.65. The summed E-state index contributed by atoms with van der Waals surface area (Å²) < 4.78 is 41.8. The number of aliphatic carboxylic acids is 1. The highest BCUT2D eigenvalue weighted by Gasteiger charge is 2.48. The molecule has 0 aromatic heterocycles. The summed E-state index contributed by atoms with van der Waals surface area (Å²) in [5.41, 5.74) is -1.12. The largest absolute Gasteiger partial charge is 0.479 e. The van der Waals surface area contributed by atoms with Gasteiger partial charge in [-0.1, -0.05) is 0 Å². The number of ether oxygens (including phenoxy) is 1. The highest BCUT2D eigenvalue weighted by atomic mass is 19.4. The molecule has 17 heavy (non-hydrogen) atoms. The summed E-state index contributed by atoms with van der Waals surface area (Å²) in [4.78, 5) is 22.2. The summed E-state index contributed by atoms with van der Waals surface area (Å²) in [6.45, 7) is 1.96. The lowest BCUT2D eigenvalue weighted by atomic mass is 10.1. The molecule has 98 valence electrons. The molecule has 1 heterocycles. The molecule has 1 unspecified atom stereocenters. The number of amides is 1. The van der Waals surface area contributed by atoms with Crippen LogP contribution in [-0.2, 0) is 14.3 Å². The van der Waals surface area contributed by atoms with Crippen LogP contribution in [0.1, 0.15) is 13.8 Å². The number of morpholine rings is 1. The van der Waals surface area contributed by atoms with Gasteiger partial charge in [-0.3, -0.25) is 4.79 Å². The number of hydrogen-bond acceptors (Lipinski definition) is 3. The van der Waals surface area contributed by atoms with E-state index < -0.39 is 36.3 Å². The Morgan fingerprint density at radius 1 is 1.41 bits per heavy atom. The molecule has 0 saturated carbocycles. The quantitative estimate of drug-likeness (QED) is 0.746. The molecule has 1 aliphatic rings. The van der Waals surface area contributed by atoms with Crippen LogP contribution in [0.25, 0.3) is 0 Å². The van der Waals surface area contributed by atoms with Gasteiger partial charge in [-0.25, -0.2) is 4.79 Å². The summed E-state index contributed by atoms with van der Waals surface area (Å²) in [6, 6.07) is 0. The molecule has 1 N–H and O–H groups in total. The highest BCUT2D eigenvalue weighted by Crippen LogP contribution is 2.26. The van der Waals surface area contributed by atoms with E-state index in [9.17, 15) is 22.8 Å². The Balaban J connectivity index is 2.87. The number of carbonyl (C=O) groups excluding carboxylic acids is 1. The fourth-order valence-electron chi connectivity index (χ4n) is 1.65. The minimum absolute atomic E-state index is 0.297. The van der Waals surface area contributed by atoms with Gasteiger partial charge in [-0.2, -0.15) is 13.2 Å². The number of carboxylic acid groups (broad SMARTS) is 1. The van der Waals surface area contributed by atoms with E-state index in [1.807, 2.05) is 0 Å². The lowest BCUT2D eigenvalue weighted by Gasteiger charge is -2.41. The lowest BCUT2D eigenvalue weighted by molar-refractivity contribution is -0.205. The van der Waals surface area contributed by atoms with Crippen LogP contribution in [-0.4, -0.2) is 52.9 Å². The molecule has 1 atom stereocenters. The van der Waals surface area contributed by atoms with Crippen LogP contribution < -0.4 is 0 Å². The Hall–Kier alpha value is -1.31. The van der Waals surface area contributed by atoms with E-state index in [4.69, 9.17) is 9.84 Å². The number of hydrogen-bond donors (Lipinski definition) is 1. The average molecular weight is 255 g/mol. The van der Waals surface area contributed by atoms with Crippen molar-refractivity contribution in [2.45, 2.75) is 31.7 Å². The number of carbonyl (C=O) groups is 2. The van der Waals surface area contributed by atoms with Crippen molar-refractivity contribution < 1.29 is 32.6 Å². The number of halogens is 3. The smallest absolute Gasteiger partial charge is 0.471 e. The first kappa shape index (κ1) is 13.8. The van der Waals surface area contributed by atoms with Gasteiger partial charge < -0.3 is 14.7 Å². The van der Waals surface area contributed by atoms with E-state index in [1.54, 1.807) is 0 Å². The Labute approximate surface area is 95.1 Å². The van der Waals surface area contributed by atoms with Crippen molar-refractivity contribution in [2.24, 2.45) is 0 Å². The van der Waals surface area contributed by atoms with Crippen molar-refractivity contribution in [3.8, 4) is 0 Å². The van der Waals surface area contributed by atoms with E-state index in [0.717, 1.165) is 0 Å². The zero-order valence-electron chi connectivity index (χ0n) is 9.24. The molecular weight excluding hydrogens is 243 g/mol. The molecule has 0 spiro atoms. The molecule has 1 fully saturated rings. The van der Waals surface area contributed by atoms with Gasteiger partial charge in [0.15, 0.2) is 6.10 Å². The highest BCUT2D eigenvalue weighted by molar-refractivity contribution is 5.83. The third kappa shape index (κ3) is 3.32. The lowest BCUT2D eigenvalue weighted by Crippen LogP contribution is -2.59. The molecule has 8 heteroatoms. The molecule has 0 bridgehead atoms. The molecule has 0 aromatic carbocycles. The zero-order chi connectivity index (χ0) is 13.4. The fraction of sp³-hybridized carbons (Fsp3) is 0.778. The van der Waals surface area contributed by atoms with Crippen molar-refractivity contribution in [1.29, 1.82) is 0 Å². The van der Waals surface area contributed by atoms with Gasteiger partial charge in [0.05, 0.1) is 12.1 Å². The molecule has 1 amide bonds. The van der Waals surface area contributed by atoms with E-state index in [-0.39, 0.29) is 6.54 Å². The van der Waals surface area contributed by atoms with Gasteiger partial charge in [0.25, 0.3) is 0 Å². The Bertz CT molecular complexity index is 340. The monoisotopic (exact) mass is 255 g/mol. The van der Waals surface area contributed by atoms with E-state index in [2.05, 4.69) is 0 Å². The normalized spacial score (nSPS) is 24.5. The summed E-state index contributed by atoms with van der Waals surface area (Å²) in [5.74, 6) is -3.43. The van der Waals surface area contributed by atoms with Gasteiger partial charge in [0.2, 0.25) is 0 Å². The minimum atomic E-state index is -5.00. The molecule has 0 aliphatic carbocycles. The summed E-state index contributed by atoms with van der Waals surface area (Å²) in [7, 11) is 0. The van der Waals surface area contributed by atoms with Crippen molar-refractivity contribution in [3.63, 3.8) is 0 Å². The molecule has 0 radical (unpaired) electrons. The molecule has 1 aliphatic heterocycles. The van der Waals surface area contributed by atoms with E-state index >= 15 is 0 Å². The van der Waals surface area contributed by atoms with Crippen LogP contribution in [0.4, 0.5) is 13.2 Å². The Kier molecular flexibility index (Phi) is 3.37. The molecule has 5 nitrogen and oxygen atoms in total. The average Bonchev–Trinajstić information content (AvgIpc) is 2.12. The third-order valence-corrected chi connectivity index (χ3v) is 2.22. The maximum atomic E-state index is 12.2. The first-order chi connectivity index (χ1) is 7.53. The van der Waals surface area contributed by atoms with Crippen molar-refractivity contribution >= 4 is 11.9 Å². The zero-order valence-corrected chi connectivity index (χ0v) is 9.24. The van der Waals surface area contributed by atoms with Gasteiger partial charge in [-0.05, 0) is 13.8 Å². The Morgan fingerprint density at radius 2 is 1.94 bits per heavy atom. The number of rotatable bonds is 1. The predicted molar refractivity (Wildman–Crippen MR) is 49.2 cm³/mol. The standard InChI is InChI=1S/C9H12F3NO4/c1-8(2)4-13(7(16)9(10,11)12)3-5(17-8)6(14)15/h5H,3-4H2,1-2H3,(H,14,15). The second kappa shape index (κ2) is 4.17. The van der Waals surface area contributed by atoms with Crippen molar-refractivity contribution in [3.05, 3.63) is 0 Å². The summed E-state index contributed by atoms with van der Waals surface area (Å²) >= 11 is 0. The molecule has 1 rings (SSSR count). The topological polar surface area (TPSA) is 66.8 Å². The second-order valence-corrected chi connectivity index (χ2v) is 4.39. The van der Waals surface area contributed by atoms with Gasteiger partial charge in [-0.15, -0.1) is 0 Å². The predicted octanol–water partition coefficient (Wildman–Crippen LogP) is 0.639. The third-order valence-electron chi connectivity index (χ3n) is 2.22. The summed E-state index contributed by atoms with van der Waals surface area (Å²) in [5, 5.41) is 8.73. The van der Waals surface area contributed by atoms with E-state index in [0.29, 0.717) is 4.90 Å². The van der Waals surface area contributed by atoms with Crippen LogP contribution in [0, 0.1) is 0 Å². The first-order valence-corrected chi connectivity index (χ1v) is 4.80. The van der Waals surface area contributed by atoms with Gasteiger partial charge >= 0.3 is 18.1 Å². The van der Waals surface area contributed by atoms with Crippen LogP contribution in [0.3, 0.4) is 0 Å². The van der Waals surface area contributed by atoms with Crippen LogP contribution in [0.5, 0.6) is 0 Å². The van der Waals surface area contributed by atoms with Crippen molar-refractivity contribution in [1.82, 2.24) is 4.90 Å². The second-order valence-electron chi connectivity index (χ2n) is 4.39. The van der Waals surface area contributed by atoms with Gasteiger partial charge in [0.1, 0.15) is 0 Å². The maximum absolute atomic E-state index is 12.2. The van der Waals surface area contributed by atoms with Crippen LogP contribution in [0.15, 0.2) is 0 Å². The molecule has 0 aromatic rings. The van der Waals surface area contributed by atoms with Crippen molar-refractivity contribution in [2.75, 3.05) is 13.1 Å². The SMILES string of the molecule is CC1(C)CN(C(=O)C(F)(F)F)CC(C(=O)O)O1. The van der Waals surface area contributed by atoms with Crippen LogP contribution in [0.2, 0.25) is 0 Å². The van der Waals surface area contributed by atoms with E-state index in [1.165, 1.54) is 13.8 Å². The number of carboxylic acids is 1. The minimum Gasteiger partial charge on any atom is -0.479 e. The molecule has 1 saturated heterocycles. The number of nitrogens with zero attached hydrogens (tertiary/aromatic N) is 1. The van der Waals surface area contributed by atoms with Crippen LogP contribution >= 0.6 is 0 Å². The summed E-state index contributed by atoms with van der Waals surface area (Å²) in [6.07, 6.45) is -6.44. The maximum Gasteiger partial charge on any atom is 0.471 e. The van der Waals surface area contributed by atoms with Gasteiger partial charge in [0, 0.05) is 6.54 Å². The Morgan fingerprint density at radius 3 is 2.35 bits per heavy atom. The molecular formula is C9H12F3NO4. The first-order valence-electron chi connectivity index (χ1n) is 4.80.